The van der Waals surface area contributed by atoms with E-state index in [1.807, 2.05) is 36.4 Å². The van der Waals surface area contributed by atoms with Crippen LogP contribution in [0.15, 0.2) is 81.3 Å². The van der Waals surface area contributed by atoms with Gasteiger partial charge in [0.05, 0.1) is 21.8 Å². The summed E-state index contributed by atoms with van der Waals surface area (Å²) in [6.45, 7) is 0. The molecule has 150 valence electrons. The summed E-state index contributed by atoms with van der Waals surface area (Å²) in [6, 6.07) is 17.3. The summed E-state index contributed by atoms with van der Waals surface area (Å²) in [5.41, 5.74) is 1.40. The summed E-state index contributed by atoms with van der Waals surface area (Å²) < 4.78 is 5.29. The van der Waals surface area contributed by atoms with Gasteiger partial charge in [0, 0.05) is 22.9 Å². The standard InChI is InChI=1S/C23H13N3O4S/c24-13-16(8-4-7-15-5-2-1-3-6-15)22-25-20(14-31-22)19-12-17-11-18(26(28)29)9-10-21(17)30-23(19)27/h1-12,14H/b7-4+,16-8-. The lowest BCUT2D eigenvalue weighted by atomic mass is 10.1. The molecule has 0 radical (unpaired) electrons. The molecule has 2 aromatic carbocycles. The molecule has 2 heterocycles. The number of non-ortho nitro benzene ring substituents is 1. The molecule has 0 N–H and O–H groups in total. The highest BCUT2D eigenvalue weighted by atomic mass is 32.1. The topological polar surface area (TPSA) is 110 Å². The SMILES string of the molecule is N#C/C(=C/C=C/c1ccccc1)c1nc(-c2cc3cc([N+](=O)[O-])ccc3oc2=O)cs1. The largest absolute Gasteiger partial charge is 0.422 e. The minimum atomic E-state index is -0.607. The lowest BCUT2D eigenvalue weighted by molar-refractivity contribution is -0.384. The molecule has 0 aliphatic heterocycles. The molecule has 4 aromatic rings. The van der Waals surface area contributed by atoms with Crippen LogP contribution in [0.4, 0.5) is 5.69 Å². The van der Waals surface area contributed by atoms with Crippen LogP contribution in [0.3, 0.4) is 0 Å². The Morgan fingerprint density at radius 3 is 2.74 bits per heavy atom. The third-order valence-electron chi connectivity index (χ3n) is 4.41. The monoisotopic (exact) mass is 427 g/mol. The van der Waals surface area contributed by atoms with Gasteiger partial charge >= 0.3 is 5.63 Å². The van der Waals surface area contributed by atoms with Crippen molar-refractivity contribution in [1.82, 2.24) is 4.98 Å². The van der Waals surface area contributed by atoms with Crippen molar-refractivity contribution in [2.75, 3.05) is 0 Å². The fourth-order valence-electron chi connectivity index (χ4n) is 2.90. The van der Waals surface area contributed by atoms with Crippen LogP contribution in [-0.2, 0) is 0 Å². The van der Waals surface area contributed by atoms with Gasteiger partial charge in [0.15, 0.2) is 0 Å². The van der Waals surface area contributed by atoms with Crippen LogP contribution in [0.25, 0.3) is 33.9 Å². The average molecular weight is 427 g/mol. The van der Waals surface area contributed by atoms with Gasteiger partial charge in [0.1, 0.15) is 16.7 Å². The summed E-state index contributed by atoms with van der Waals surface area (Å²) in [5.74, 6) is 0. The van der Waals surface area contributed by atoms with Gasteiger partial charge in [-0.15, -0.1) is 11.3 Å². The van der Waals surface area contributed by atoms with E-state index in [-0.39, 0.29) is 16.8 Å². The second kappa shape index (κ2) is 8.57. The second-order valence-corrected chi connectivity index (χ2v) is 7.28. The van der Waals surface area contributed by atoms with Crippen LogP contribution in [0, 0.1) is 21.4 Å². The average Bonchev–Trinajstić information content (AvgIpc) is 3.26. The summed E-state index contributed by atoms with van der Waals surface area (Å²) in [5, 5.41) is 23.0. The van der Waals surface area contributed by atoms with Crippen LogP contribution in [0.1, 0.15) is 10.6 Å². The highest BCUT2D eigenvalue weighted by molar-refractivity contribution is 7.11. The van der Waals surface area contributed by atoms with E-state index < -0.39 is 10.5 Å². The number of aromatic nitrogens is 1. The number of thiazole rings is 1. The van der Waals surface area contributed by atoms with Crippen molar-refractivity contribution >= 4 is 39.6 Å². The number of fused-ring (bicyclic) bond motifs is 1. The quantitative estimate of drug-likeness (QED) is 0.138. The maximum absolute atomic E-state index is 12.4. The first-order valence-electron chi connectivity index (χ1n) is 9.07. The minimum Gasteiger partial charge on any atom is -0.422 e. The molecule has 0 amide bonds. The third kappa shape index (κ3) is 4.32. The van der Waals surface area contributed by atoms with E-state index in [9.17, 15) is 20.2 Å². The fourth-order valence-corrected chi connectivity index (χ4v) is 3.69. The molecular weight excluding hydrogens is 414 g/mol. The van der Waals surface area contributed by atoms with Gasteiger partial charge in [-0.3, -0.25) is 10.1 Å². The van der Waals surface area contributed by atoms with Crippen molar-refractivity contribution in [2.24, 2.45) is 0 Å². The maximum Gasteiger partial charge on any atom is 0.345 e. The molecule has 7 nitrogen and oxygen atoms in total. The molecule has 31 heavy (non-hydrogen) atoms. The fraction of sp³-hybridized carbons (Fsp3) is 0. The van der Waals surface area contributed by atoms with Crippen molar-refractivity contribution in [3.8, 4) is 17.3 Å². The Balaban J connectivity index is 1.68. The van der Waals surface area contributed by atoms with Gasteiger partial charge < -0.3 is 4.42 Å². The van der Waals surface area contributed by atoms with Gasteiger partial charge in [-0.25, -0.2) is 9.78 Å². The number of benzene rings is 2. The molecule has 2 aromatic heterocycles. The molecule has 0 aliphatic carbocycles. The van der Waals surface area contributed by atoms with Gasteiger partial charge in [-0.05, 0) is 23.8 Å². The Morgan fingerprint density at radius 2 is 2.00 bits per heavy atom. The summed E-state index contributed by atoms with van der Waals surface area (Å²) >= 11 is 1.22. The van der Waals surface area contributed by atoms with Crippen LogP contribution in [-0.4, -0.2) is 9.91 Å². The van der Waals surface area contributed by atoms with E-state index in [4.69, 9.17) is 4.42 Å². The number of rotatable bonds is 5. The van der Waals surface area contributed by atoms with Gasteiger partial charge in [-0.1, -0.05) is 42.5 Å². The Bertz CT molecular complexity index is 1440. The van der Waals surface area contributed by atoms with Gasteiger partial charge in [-0.2, -0.15) is 5.26 Å². The van der Waals surface area contributed by atoms with E-state index in [2.05, 4.69) is 11.1 Å². The number of hydrogen-bond acceptors (Lipinski definition) is 7. The van der Waals surface area contributed by atoms with Crippen molar-refractivity contribution in [3.63, 3.8) is 0 Å². The van der Waals surface area contributed by atoms with Crippen LogP contribution in [0.5, 0.6) is 0 Å². The first kappa shape index (κ1) is 19.9. The molecule has 0 atom stereocenters. The zero-order valence-corrected chi connectivity index (χ0v) is 16.7. The molecule has 0 unspecified atom stereocenters. The maximum atomic E-state index is 12.4. The smallest absolute Gasteiger partial charge is 0.345 e. The lowest BCUT2D eigenvalue weighted by Gasteiger charge is -2.00. The first-order chi connectivity index (χ1) is 15.0. The zero-order chi connectivity index (χ0) is 21.8. The molecule has 4 rings (SSSR count). The van der Waals surface area contributed by atoms with Crippen molar-refractivity contribution in [2.45, 2.75) is 0 Å². The number of allylic oxidation sites excluding steroid dienone is 3. The lowest BCUT2D eigenvalue weighted by Crippen LogP contribution is -2.03. The highest BCUT2D eigenvalue weighted by Crippen LogP contribution is 2.27. The Labute approximate surface area is 180 Å². The molecule has 0 fully saturated rings. The molecule has 8 heteroatoms. The highest BCUT2D eigenvalue weighted by Gasteiger charge is 2.15. The normalized spacial score (nSPS) is 11.6. The van der Waals surface area contributed by atoms with E-state index in [1.54, 1.807) is 17.5 Å². The van der Waals surface area contributed by atoms with E-state index in [0.29, 0.717) is 21.7 Å². The van der Waals surface area contributed by atoms with Gasteiger partial charge in [0.2, 0.25) is 0 Å². The van der Waals surface area contributed by atoms with E-state index >= 15 is 0 Å². The van der Waals surface area contributed by atoms with Crippen LogP contribution in [0.2, 0.25) is 0 Å². The predicted octanol–water partition coefficient (Wildman–Crippen LogP) is 5.45. The number of nitro benzene ring substituents is 1. The van der Waals surface area contributed by atoms with Gasteiger partial charge in [0.25, 0.3) is 5.69 Å². The molecule has 0 bridgehead atoms. The number of hydrogen-bond donors (Lipinski definition) is 0. The second-order valence-electron chi connectivity index (χ2n) is 6.43. The van der Waals surface area contributed by atoms with Crippen LogP contribution >= 0.6 is 11.3 Å². The van der Waals surface area contributed by atoms with Crippen molar-refractivity contribution < 1.29 is 9.34 Å². The summed E-state index contributed by atoms with van der Waals surface area (Å²) in [4.78, 5) is 27.3. The zero-order valence-electron chi connectivity index (χ0n) is 15.9. The molecular formula is C23H13N3O4S. The van der Waals surface area contributed by atoms with E-state index in [0.717, 1.165) is 5.56 Å². The predicted molar refractivity (Wildman–Crippen MR) is 119 cm³/mol. The van der Waals surface area contributed by atoms with Crippen LogP contribution < -0.4 is 5.63 Å². The van der Waals surface area contributed by atoms with Crippen molar-refractivity contribution in [3.05, 3.63) is 103 Å². The minimum absolute atomic E-state index is 0.105. The number of nitriles is 1. The van der Waals surface area contributed by atoms with Crippen molar-refractivity contribution in [1.29, 1.82) is 5.26 Å². The molecule has 0 saturated carbocycles. The summed E-state index contributed by atoms with van der Waals surface area (Å²) in [7, 11) is 0. The Kier molecular flexibility index (Phi) is 5.51. The summed E-state index contributed by atoms with van der Waals surface area (Å²) in [6.07, 6.45) is 5.29. The van der Waals surface area contributed by atoms with E-state index in [1.165, 1.54) is 35.6 Å². The third-order valence-corrected chi connectivity index (χ3v) is 5.28. The number of nitrogens with zero attached hydrogens (tertiary/aromatic N) is 3. The first-order valence-corrected chi connectivity index (χ1v) is 9.95. The Morgan fingerprint density at radius 1 is 1.19 bits per heavy atom. The molecule has 0 spiro atoms. The molecule has 0 aliphatic rings. The Hall–Kier alpha value is -4.35. The number of nitro groups is 1. The molecule has 0 saturated heterocycles.